The third kappa shape index (κ3) is 3.28. The minimum atomic E-state index is -0.170. The third-order valence-electron chi connectivity index (χ3n) is 2.21. The first kappa shape index (κ1) is 12.1. The summed E-state index contributed by atoms with van der Waals surface area (Å²) >= 11 is 1.67. The van der Waals surface area contributed by atoms with Crippen molar-refractivity contribution in [3.63, 3.8) is 0 Å². The summed E-state index contributed by atoms with van der Waals surface area (Å²) in [7, 11) is 1.64. The van der Waals surface area contributed by atoms with Gasteiger partial charge in [-0.1, -0.05) is 0 Å². The first-order valence-electron chi connectivity index (χ1n) is 4.92. The lowest BCUT2D eigenvalue weighted by Crippen LogP contribution is -2.40. The lowest BCUT2D eigenvalue weighted by Gasteiger charge is -2.11. The van der Waals surface area contributed by atoms with Crippen molar-refractivity contribution < 1.29 is 4.79 Å². The summed E-state index contributed by atoms with van der Waals surface area (Å²) in [5, 5.41) is 6.84. The predicted octanol–water partition coefficient (Wildman–Crippen LogP) is 0.984. The van der Waals surface area contributed by atoms with Gasteiger partial charge in [0, 0.05) is 18.5 Å². The van der Waals surface area contributed by atoms with E-state index in [9.17, 15) is 4.79 Å². The van der Waals surface area contributed by atoms with E-state index < -0.39 is 0 Å². The molecule has 0 saturated heterocycles. The van der Waals surface area contributed by atoms with Gasteiger partial charge in [-0.3, -0.25) is 4.79 Å². The molecule has 0 aliphatic rings. The quantitative estimate of drug-likeness (QED) is 0.806. The van der Waals surface area contributed by atoms with Crippen molar-refractivity contribution in [1.29, 1.82) is 0 Å². The van der Waals surface area contributed by atoms with Crippen LogP contribution in [0.3, 0.4) is 0 Å². The molecule has 0 spiro atoms. The van der Waals surface area contributed by atoms with Crippen LogP contribution in [0.2, 0.25) is 0 Å². The molecule has 2 N–H and O–H groups in total. The fourth-order valence-corrected chi connectivity index (χ4v) is 2.18. The van der Waals surface area contributed by atoms with Gasteiger partial charge in [-0.05, 0) is 20.8 Å². The number of likely N-dealkylation sites (N-methyl/N-ethyl adjacent to an activating group) is 1. The molecule has 1 heterocycles. The molecule has 15 heavy (non-hydrogen) atoms. The molecule has 0 aromatic carbocycles. The minimum Gasteiger partial charge on any atom is -0.358 e. The zero-order chi connectivity index (χ0) is 11.4. The number of hydrogen-bond acceptors (Lipinski definition) is 4. The van der Waals surface area contributed by atoms with Gasteiger partial charge in [0.2, 0.25) is 5.91 Å². The molecule has 84 valence electrons. The highest BCUT2D eigenvalue weighted by molar-refractivity contribution is 7.11. The van der Waals surface area contributed by atoms with E-state index in [0.29, 0.717) is 6.54 Å². The Morgan fingerprint density at radius 2 is 2.20 bits per heavy atom. The highest BCUT2D eigenvalue weighted by atomic mass is 32.1. The Bertz CT molecular complexity index is 348. The maximum Gasteiger partial charge on any atom is 0.236 e. The summed E-state index contributed by atoms with van der Waals surface area (Å²) in [5.41, 5.74) is 1.05. The predicted molar refractivity (Wildman–Crippen MR) is 62.0 cm³/mol. The van der Waals surface area contributed by atoms with Gasteiger partial charge in [0.25, 0.3) is 0 Å². The molecule has 1 amide bonds. The zero-order valence-corrected chi connectivity index (χ0v) is 10.4. The second-order valence-electron chi connectivity index (χ2n) is 3.46. The number of thiazole rings is 1. The number of carbonyl (C=O) groups excluding carboxylic acids is 1. The van der Waals surface area contributed by atoms with Crippen molar-refractivity contribution in [2.24, 2.45) is 0 Å². The average molecular weight is 227 g/mol. The molecule has 0 radical (unpaired) electrons. The maximum absolute atomic E-state index is 11.2. The molecule has 0 saturated carbocycles. The van der Waals surface area contributed by atoms with Crippen molar-refractivity contribution in [2.75, 3.05) is 7.05 Å². The van der Waals surface area contributed by atoms with Gasteiger partial charge in [0.15, 0.2) is 0 Å². The minimum absolute atomic E-state index is 0.00823. The molecule has 0 unspecified atom stereocenters. The van der Waals surface area contributed by atoms with E-state index in [4.69, 9.17) is 0 Å². The Morgan fingerprint density at radius 3 is 2.67 bits per heavy atom. The van der Waals surface area contributed by atoms with Gasteiger partial charge in [-0.15, -0.1) is 11.3 Å². The first-order valence-corrected chi connectivity index (χ1v) is 5.74. The Morgan fingerprint density at radius 1 is 1.53 bits per heavy atom. The Balaban J connectivity index is 2.50. The van der Waals surface area contributed by atoms with Gasteiger partial charge in [-0.25, -0.2) is 4.98 Å². The average Bonchev–Trinajstić information content (AvgIpc) is 2.52. The topological polar surface area (TPSA) is 54.0 Å². The van der Waals surface area contributed by atoms with E-state index in [2.05, 4.69) is 15.6 Å². The first-order chi connectivity index (χ1) is 7.04. The number of nitrogens with one attached hydrogen (secondary N) is 2. The van der Waals surface area contributed by atoms with Crippen LogP contribution in [0.1, 0.15) is 22.5 Å². The Kier molecular flexibility index (Phi) is 4.23. The third-order valence-corrected chi connectivity index (χ3v) is 3.28. The van der Waals surface area contributed by atoms with Gasteiger partial charge in [0.05, 0.1) is 16.7 Å². The zero-order valence-electron chi connectivity index (χ0n) is 9.55. The highest BCUT2D eigenvalue weighted by Crippen LogP contribution is 2.16. The van der Waals surface area contributed by atoms with Crippen LogP contribution in [-0.4, -0.2) is 24.0 Å². The van der Waals surface area contributed by atoms with Crippen LogP contribution in [-0.2, 0) is 11.3 Å². The van der Waals surface area contributed by atoms with E-state index in [1.807, 2.05) is 20.8 Å². The van der Waals surface area contributed by atoms with E-state index in [-0.39, 0.29) is 11.9 Å². The van der Waals surface area contributed by atoms with E-state index in [1.165, 1.54) is 4.88 Å². The standard InChI is InChI=1S/C10H17N3OS/c1-6-9(15-8(3)13-6)5-12-7(2)10(14)11-4/h7,12H,5H2,1-4H3,(H,11,14)/t7-/m1/s1. The number of aryl methyl sites for hydroxylation is 2. The molecule has 4 nitrogen and oxygen atoms in total. The second-order valence-corrected chi connectivity index (χ2v) is 4.75. The van der Waals surface area contributed by atoms with Crippen LogP contribution in [0, 0.1) is 13.8 Å². The molecular weight excluding hydrogens is 210 g/mol. The molecule has 1 atom stereocenters. The van der Waals surface area contributed by atoms with Crippen LogP contribution < -0.4 is 10.6 Å². The lowest BCUT2D eigenvalue weighted by molar-refractivity contribution is -0.122. The van der Waals surface area contributed by atoms with E-state index in [1.54, 1.807) is 18.4 Å². The molecule has 0 fully saturated rings. The van der Waals surface area contributed by atoms with Crippen LogP contribution >= 0.6 is 11.3 Å². The summed E-state index contributed by atoms with van der Waals surface area (Å²) in [5.74, 6) is 0.00823. The molecule has 5 heteroatoms. The lowest BCUT2D eigenvalue weighted by atomic mass is 10.3. The smallest absolute Gasteiger partial charge is 0.236 e. The van der Waals surface area contributed by atoms with Crippen LogP contribution in [0.5, 0.6) is 0 Å². The highest BCUT2D eigenvalue weighted by Gasteiger charge is 2.11. The normalized spacial score (nSPS) is 12.5. The molecule has 0 bridgehead atoms. The van der Waals surface area contributed by atoms with Gasteiger partial charge in [-0.2, -0.15) is 0 Å². The molecule has 1 aromatic heterocycles. The number of carbonyl (C=O) groups is 1. The van der Waals surface area contributed by atoms with Crippen molar-refractivity contribution in [3.8, 4) is 0 Å². The Hall–Kier alpha value is -0.940. The van der Waals surface area contributed by atoms with Crippen molar-refractivity contribution in [2.45, 2.75) is 33.4 Å². The largest absolute Gasteiger partial charge is 0.358 e. The van der Waals surface area contributed by atoms with Gasteiger partial charge >= 0.3 is 0 Å². The molecule has 1 aromatic rings. The van der Waals surface area contributed by atoms with Crippen LogP contribution in [0.25, 0.3) is 0 Å². The van der Waals surface area contributed by atoms with Crippen LogP contribution in [0.15, 0.2) is 0 Å². The van der Waals surface area contributed by atoms with E-state index >= 15 is 0 Å². The molecular formula is C10H17N3OS. The SMILES string of the molecule is CNC(=O)[C@@H](C)NCc1sc(C)nc1C. The maximum atomic E-state index is 11.2. The molecule has 0 aliphatic carbocycles. The van der Waals surface area contributed by atoms with Crippen LogP contribution in [0.4, 0.5) is 0 Å². The monoisotopic (exact) mass is 227 g/mol. The molecule has 1 rings (SSSR count). The van der Waals surface area contributed by atoms with Crippen molar-refractivity contribution >= 4 is 17.2 Å². The number of rotatable bonds is 4. The molecule has 0 aliphatic heterocycles. The number of amides is 1. The van der Waals surface area contributed by atoms with Gasteiger partial charge in [0.1, 0.15) is 0 Å². The number of nitrogens with zero attached hydrogens (tertiary/aromatic N) is 1. The summed E-state index contributed by atoms with van der Waals surface area (Å²) in [4.78, 5) is 16.8. The number of hydrogen-bond donors (Lipinski definition) is 2. The summed E-state index contributed by atoms with van der Waals surface area (Å²) in [6, 6.07) is -0.170. The summed E-state index contributed by atoms with van der Waals surface area (Å²) < 4.78 is 0. The Labute approximate surface area is 94.1 Å². The fraction of sp³-hybridized carbons (Fsp3) is 0.600. The summed E-state index contributed by atoms with van der Waals surface area (Å²) in [6.07, 6.45) is 0. The number of aromatic nitrogens is 1. The van der Waals surface area contributed by atoms with Crippen molar-refractivity contribution in [3.05, 3.63) is 15.6 Å². The van der Waals surface area contributed by atoms with E-state index in [0.717, 1.165) is 10.7 Å². The second kappa shape index (κ2) is 5.23. The fourth-order valence-electron chi connectivity index (χ4n) is 1.29. The van der Waals surface area contributed by atoms with Gasteiger partial charge < -0.3 is 10.6 Å². The van der Waals surface area contributed by atoms with Crippen molar-refractivity contribution in [1.82, 2.24) is 15.6 Å². The summed E-state index contributed by atoms with van der Waals surface area (Å²) in [6.45, 7) is 6.53.